The number of rotatable bonds is 3. The van der Waals surface area contributed by atoms with Gasteiger partial charge < -0.3 is 9.84 Å². The number of aliphatic hydroxyl groups is 1. The molecular formula is C21H23ClN2O3. The first-order chi connectivity index (χ1) is 13.0. The molecule has 2 aliphatic rings. The highest BCUT2D eigenvalue weighted by molar-refractivity contribution is 6.29. The second-order valence-electron chi connectivity index (χ2n) is 7.41. The van der Waals surface area contributed by atoms with Gasteiger partial charge in [-0.1, -0.05) is 30.5 Å². The molecule has 142 valence electrons. The fraction of sp³-hybridized carbons (Fsp3) is 0.429. The molecule has 0 radical (unpaired) electrons. The van der Waals surface area contributed by atoms with Crippen LogP contribution in [0.1, 0.15) is 52.7 Å². The molecule has 0 saturated heterocycles. The van der Waals surface area contributed by atoms with Gasteiger partial charge in [0.1, 0.15) is 10.9 Å². The number of halogens is 1. The van der Waals surface area contributed by atoms with Crippen molar-refractivity contribution in [1.29, 1.82) is 0 Å². The fourth-order valence-electron chi connectivity index (χ4n) is 3.99. The maximum absolute atomic E-state index is 13.1. The molecule has 0 unspecified atom stereocenters. The van der Waals surface area contributed by atoms with Crippen LogP contribution in [0.2, 0.25) is 5.15 Å². The quantitative estimate of drug-likeness (QED) is 0.816. The fourth-order valence-corrected chi connectivity index (χ4v) is 4.10. The van der Waals surface area contributed by atoms with Crippen molar-refractivity contribution in [2.75, 3.05) is 6.73 Å². The van der Waals surface area contributed by atoms with Gasteiger partial charge in [-0.3, -0.25) is 9.69 Å². The number of benzene rings is 1. The number of amides is 1. The number of aliphatic hydroxyl groups excluding tert-OH is 1. The molecule has 1 aliphatic heterocycles. The van der Waals surface area contributed by atoms with E-state index in [2.05, 4.69) is 4.98 Å². The van der Waals surface area contributed by atoms with Crippen LogP contribution in [0.3, 0.4) is 0 Å². The number of aromatic nitrogens is 1. The zero-order chi connectivity index (χ0) is 19.0. The number of pyridine rings is 1. The van der Waals surface area contributed by atoms with Crippen LogP contribution in [-0.4, -0.2) is 39.8 Å². The first kappa shape index (κ1) is 18.3. The SMILES string of the molecule is Cc1cc2c(cc1Cc1ccc(Cl)nc1)C(=O)N([C@@H]1CCCC[C@H]1O)CO2. The molecule has 6 heteroatoms. The summed E-state index contributed by atoms with van der Waals surface area (Å²) >= 11 is 5.86. The highest BCUT2D eigenvalue weighted by atomic mass is 35.5. The van der Waals surface area contributed by atoms with Gasteiger partial charge in [0.15, 0.2) is 6.73 Å². The first-order valence-electron chi connectivity index (χ1n) is 9.38. The Morgan fingerprint density at radius 2 is 2.11 bits per heavy atom. The van der Waals surface area contributed by atoms with E-state index >= 15 is 0 Å². The maximum atomic E-state index is 13.1. The van der Waals surface area contributed by atoms with Crippen molar-refractivity contribution in [1.82, 2.24) is 9.88 Å². The normalized spacial score (nSPS) is 22.3. The van der Waals surface area contributed by atoms with Crippen LogP contribution in [0.4, 0.5) is 0 Å². The number of hydrogen-bond donors (Lipinski definition) is 1. The van der Waals surface area contributed by atoms with E-state index < -0.39 is 6.10 Å². The summed E-state index contributed by atoms with van der Waals surface area (Å²) in [5.74, 6) is 0.565. The zero-order valence-electron chi connectivity index (χ0n) is 15.3. The van der Waals surface area contributed by atoms with E-state index in [-0.39, 0.29) is 18.7 Å². The van der Waals surface area contributed by atoms with E-state index in [1.54, 1.807) is 17.2 Å². The summed E-state index contributed by atoms with van der Waals surface area (Å²) in [4.78, 5) is 18.9. The Morgan fingerprint density at radius 3 is 2.85 bits per heavy atom. The van der Waals surface area contributed by atoms with Crippen LogP contribution in [0.15, 0.2) is 30.5 Å². The van der Waals surface area contributed by atoms with Gasteiger partial charge in [0.25, 0.3) is 5.91 Å². The van der Waals surface area contributed by atoms with Gasteiger partial charge in [-0.05, 0) is 61.1 Å². The summed E-state index contributed by atoms with van der Waals surface area (Å²) in [6, 6.07) is 7.40. The molecule has 0 bridgehead atoms. The lowest BCUT2D eigenvalue weighted by Crippen LogP contribution is -2.51. The van der Waals surface area contributed by atoms with Gasteiger partial charge in [-0.15, -0.1) is 0 Å². The lowest BCUT2D eigenvalue weighted by Gasteiger charge is -2.39. The van der Waals surface area contributed by atoms with Crippen LogP contribution in [-0.2, 0) is 6.42 Å². The number of aryl methyl sites for hydroxylation is 1. The van der Waals surface area contributed by atoms with Crippen molar-refractivity contribution in [2.24, 2.45) is 0 Å². The number of fused-ring (bicyclic) bond motifs is 1. The number of ether oxygens (including phenoxy) is 1. The Kier molecular flexibility index (Phi) is 5.06. The van der Waals surface area contributed by atoms with Crippen LogP contribution in [0.5, 0.6) is 5.75 Å². The van der Waals surface area contributed by atoms with E-state index in [1.165, 1.54) is 0 Å². The Balaban J connectivity index is 1.61. The van der Waals surface area contributed by atoms with Gasteiger partial charge >= 0.3 is 0 Å². The summed E-state index contributed by atoms with van der Waals surface area (Å²) in [7, 11) is 0. The van der Waals surface area contributed by atoms with Gasteiger partial charge in [0.05, 0.1) is 17.7 Å². The van der Waals surface area contributed by atoms with E-state index in [0.29, 0.717) is 22.9 Å². The monoisotopic (exact) mass is 386 g/mol. The second-order valence-corrected chi connectivity index (χ2v) is 7.80. The molecular weight excluding hydrogens is 364 g/mol. The number of nitrogens with zero attached hydrogens (tertiary/aromatic N) is 2. The number of carbonyl (C=O) groups is 1. The highest BCUT2D eigenvalue weighted by Gasteiger charge is 2.36. The molecule has 1 amide bonds. The Labute approximate surface area is 163 Å². The molecule has 1 fully saturated rings. The summed E-state index contributed by atoms with van der Waals surface area (Å²) in [5.41, 5.74) is 3.73. The Morgan fingerprint density at radius 1 is 1.30 bits per heavy atom. The van der Waals surface area contributed by atoms with Crippen LogP contribution < -0.4 is 4.74 Å². The third-order valence-corrected chi connectivity index (χ3v) is 5.79. The molecule has 2 heterocycles. The highest BCUT2D eigenvalue weighted by Crippen LogP contribution is 2.33. The van der Waals surface area contributed by atoms with Gasteiger partial charge in [-0.25, -0.2) is 4.98 Å². The number of hydrogen-bond acceptors (Lipinski definition) is 4. The predicted octanol–water partition coefficient (Wildman–Crippen LogP) is 3.73. The molecule has 0 spiro atoms. The maximum Gasteiger partial charge on any atom is 0.260 e. The molecule has 2 aromatic rings. The Hall–Kier alpha value is -2.11. The van der Waals surface area contributed by atoms with Gasteiger partial charge in [0.2, 0.25) is 0 Å². The van der Waals surface area contributed by atoms with Crippen molar-refractivity contribution in [2.45, 2.75) is 51.2 Å². The summed E-state index contributed by atoms with van der Waals surface area (Å²) in [5, 5.41) is 10.8. The van der Waals surface area contributed by atoms with Crippen molar-refractivity contribution in [3.63, 3.8) is 0 Å². The van der Waals surface area contributed by atoms with Gasteiger partial charge in [0, 0.05) is 6.20 Å². The number of carbonyl (C=O) groups excluding carboxylic acids is 1. The molecule has 1 aromatic heterocycles. The molecule has 1 aromatic carbocycles. The summed E-state index contributed by atoms with van der Waals surface area (Å²) < 4.78 is 5.87. The van der Waals surface area contributed by atoms with Crippen molar-refractivity contribution < 1.29 is 14.6 Å². The van der Waals surface area contributed by atoms with E-state index in [1.807, 2.05) is 25.1 Å². The molecule has 5 nitrogen and oxygen atoms in total. The third-order valence-electron chi connectivity index (χ3n) is 5.57. The molecule has 1 aliphatic carbocycles. The zero-order valence-corrected chi connectivity index (χ0v) is 16.1. The van der Waals surface area contributed by atoms with Crippen LogP contribution >= 0.6 is 11.6 Å². The van der Waals surface area contributed by atoms with Crippen LogP contribution in [0.25, 0.3) is 0 Å². The topological polar surface area (TPSA) is 62.7 Å². The largest absolute Gasteiger partial charge is 0.472 e. The molecule has 27 heavy (non-hydrogen) atoms. The second kappa shape index (κ2) is 7.49. The standard InChI is InChI=1S/C21H23ClN2O3/c1-13-8-19-16(10-15(13)9-14-6-7-20(22)23-11-14)21(26)24(12-27-19)17-4-2-3-5-18(17)25/h6-8,10-11,17-18,25H,2-5,9,12H2,1H3/t17-,18-/m1/s1. The average molecular weight is 387 g/mol. The summed E-state index contributed by atoms with van der Waals surface area (Å²) in [6.07, 6.45) is 5.55. The van der Waals surface area contributed by atoms with E-state index in [9.17, 15) is 9.90 Å². The minimum atomic E-state index is -0.474. The molecule has 2 atom stereocenters. The van der Waals surface area contributed by atoms with Crippen molar-refractivity contribution in [3.8, 4) is 5.75 Å². The molecule has 4 rings (SSSR count). The van der Waals surface area contributed by atoms with E-state index in [4.69, 9.17) is 16.3 Å². The van der Waals surface area contributed by atoms with Crippen LogP contribution in [0, 0.1) is 6.92 Å². The molecule has 1 saturated carbocycles. The first-order valence-corrected chi connectivity index (χ1v) is 9.76. The molecule has 1 N–H and O–H groups in total. The minimum Gasteiger partial charge on any atom is -0.472 e. The minimum absolute atomic E-state index is 0.0577. The summed E-state index contributed by atoms with van der Waals surface area (Å²) in [6.45, 7) is 2.22. The lowest BCUT2D eigenvalue weighted by molar-refractivity contribution is -0.0124. The van der Waals surface area contributed by atoms with Crippen molar-refractivity contribution >= 4 is 17.5 Å². The average Bonchev–Trinajstić information content (AvgIpc) is 2.66. The smallest absolute Gasteiger partial charge is 0.260 e. The Bertz CT molecular complexity index is 853. The van der Waals surface area contributed by atoms with E-state index in [0.717, 1.165) is 42.4 Å². The lowest BCUT2D eigenvalue weighted by atomic mass is 9.90. The predicted molar refractivity (Wildman–Crippen MR) is 103 cm³/mol. The van der Waals surface area contributed by atoms with Crippen molar-refractivity contribution in [3.05, 3.63) is 57.9 Å². The third kappa shape index (κ3) is 3.66. The van der Waals surface area contributed by atoms with Gasteiger partial charge in [-0.2, -0.15) is 0 Å².